The molecular formula is C17H28F2N2O3. The number of ether oxygens (including phenoxy) is 2. The number of rotatable bonds is 4. The van der Waals surface area contributed by atoms with Gasteiger partial charge in [0.15, 0.2) is 0 Å². The van der Waals surface area contributed by atoms with E-state index in [9.17, 15) is 13.6 Å². The SMILES string of the molecule is COC[C@@H]1CC(F)(F)CN1C1CCN(C(=O)C2CCOCC2)CC1. The number of halogens is 2. The molecule has 3 aliphatic heterocycles. The molecule has 3 aliphatic rings. The fourth-order valence-electron chi connectivity index (χ4n) is 4.32. The molecular weight excluding hydrogens is 318 g/mol. The zero-order valence-corrected chi connectivity index (χ0v) is 14.4. The fraction of sp³-hybridized carbons (Fsp3) is 0.941. The number of carbonyl (C=O) groups is 1. The number of hydrogen-bond donors (Lipinski definition) is 0. The standard InChI is InChI=1S/C17H28F2N2O3/c1-23-11-15-10-17(18,19)12-21(15)14-2-6-20(7-3-14)16(22)13-4-8-24-9-5-13/h13-15H,2-12H2,1H3/t15-/m0/s1. The minimum atomic E-state index is -2.63. The zero-order valence-electron chi connectivity index (χ0n) is 14.4. The van der Waals surface area contributed by atoms with Crippen molar-refractivity contribution >= 4 is 5.91 Å². The lowest BCUT2D eigenvalue weighted by atomic mass is 9.96. The van der Waals surface area contributed by atoms with E-state index in [1.807, 2.05) is 9.80 Å². The molecule has 0 radical (unpaired) electrons. The van der Waals surface area contributed by atoms with Gasteiger partial charge in [0, 0.05) is 57.8 Å². The Hall–Kier alpha value is -0.790. The quantitative estimate of drug-likeness (QED) is 0.778. The molecule has 0 aromatic rings. The van der Waals surface area contributed by atoms with Gasteiger partial charge in [-0.25, -0.2) is 8.78 Å². The predicted molar refractivity (Wildman–Crippen MR) is 85.1 cm³/mol. The van der Waals surface area contributed by atoms with E-state index in [0.29, 0.717) is 32.9 Å². The Kier molecular flexibility index (Phi) is 5.72. The molecule has 3 saturated heterocycles. The van der Waals surface area contributed by atoms with Crippen LogP contribution in [0.15, 0.2) is 0 Å². The normalized spacial score (nSPS) is 30.0. The summed E-state index contributed by atoms with van der Waals surface area (Å²) in [6.45, 7) is 2.82. The molecule has 0 aliphatic carbocycles. The summed E-state index contributed by atoms with van der Waals surface area (Å²) in [6.07, 6.45) is 3.01. The van der Waals surface area contributed by atoms with Gasteiger partial charge in [-0.05, 0) is 25.7 Å². The highest BCUT2D eigenvalue weighted by atomic mass is 19.3. The average Bonchev–Trinajstić information content (AvgIpc) is 2.90. The molecule has 0 spiro atoms. The first kappa shape index (κ1) is 18.0. The minimum absolute atomic E-state index is 0.0765. The Labute approximate surface area is 142 Å². The van der Waals surface area contributed by atoms with Crippen LogP contribution in [0.1, 0.15) is 32.1 Å². The van der Waals surface area contributed by atoms with Gasteiger partial charge in [0.25, 0.3) is 5.92 Å². The molecule has 0 saturated carbocycles. The van der Waals surface area contributed by atoms with E-state index in [-0.39, 0.29) is 36.9 Å². The molecule has 0 aromatic carbocycles. The van der Waals surface area contributed by atoms with E-state index in [1.165, 1.54) is 0 Å². The number of nitrogens with zero attached hydrogens (tertiary/aromatic N) is 2. The Balaban J connectivity index is 1.53. The highest BCUT2D eigenvalue weighted by Crippen LogP contribution is 2.36. The van der Waals surface area contributed by atoms with Crippen LogP contribution in [0.2, 0.25) is 0 Å². The Morgan fingerprint density at radius 3 is 2.50 bits per heavy atom. The molecule has 0 bridgehead atoms. The molecule has 0 aromatic heterocycles. The lowest BCUT2D eigenvalue weighted by Gasteiger charge is -2.40. The van der Waals surface area contributed by atoms with Gasteiger partial charge in [-0.2, -0.15) is 0 Å². The molecule has 1 amide bonds. The molecule has 0 N–H and O–H groups in total. The molecule has 5 nitrogen and oxygen atoms in total. The summed E-state index contributed by atoms with van der Waals surface area (Å²) >= 11 is 0. The second-order valence-corrected chi connectivity index (χ2v) is 7.28. The maximum absolute atomic E-state index is 13.8. The third kappa shape index (κ3) is 4.06. The maximum atomic E-state index is 13.8. The number of alkyl halides is 2. The van der Waals surface area contributed by atoms with Crippen molar-refractivity contribution in [3.8, 4) is 0 Å². The smallest absolute Gasteiger partial charge is 0.262 e. The van der Waals surface area contributed by atoms with Crippen molar-refractivity contribution in [1.29, 1.82) is 0 Å². The highest BCUT2D eigenvalue weighted by Gasteiger charge is 2.47. The van der Waals surface area contributed by atoms with Gasteiger partial charge in [-0.3, -0.25) is 9.69 Å². The van der Waals surface area contributed by atoms with Crippen LogP contribution < -0.4 is 0 Å². The number of likely N-dealkylation sites (tertiary alicyclic amines) is 2. The molecule has 24 heavy (non-hydrogen) atoms. The van der Waals surface area contributed by atoms with Gasteiger partial charge in [0.05, 0.1) is 13.2 Å². The zero-order chi connectivity index (χ0) is 17.2. The van der Waals surface area contributed by atoms with Crippen LogP contribution in [-0.4, -0.2) is 80.3 Å². The summed E-state index contributed by atoms with van der Waals surface area (Å²) in [5.41, 5.74) is 0. The van der Waals surface area contributed by atoms with E-state index in [2.05, 4.69) is 0 Å². The van der Waals surface area contributed by atoms with Crippen LogP contribution in [0.4, 0.5) is 8.78 Å². The van der Waals surface area contributed by atoms with Crippen molar-refractivity contribution < 1.29 is 23.0 Å². The predicted octanol–water partition coefficient (Wildman–Crippen LogP) is 1.76. The van der Waals surface area contributed by atoms with Gasteiger partial charge >= 0.3 is 0 Å². The first-order chi connectivity index (χ1) is 11.5. The summed E-state index contributed by atoms with van der Waals surface area (Å²) in [7, 11) is 1.56. The van der Waals surface area contributed by atoms with Gasteiger partial charge in [0.1, 0.15) is 0 Å². The van der Waals surface area contributed by atoms with Gasteiger partial charge in [-0.15, -0.1) is 0 Å². The van der Waals surface area contributed by atoms with E-state index in [4.69, 9.17) is 9.47 Å². The number of amides is 1. The third-order valence-corrected chi connectivity index (χ3v) is 5.59. The van der Waals surface area contributed by atoms with Gasteiger partial charge < -0.3 is 14.4 Å². The van der Waals surface area contributed by atoms with E-state index >= 15 is 0 Å². The second kappa shape index (κ2) is 7.62. The Morgan fingerprint density at radius 2 is 1.88 bits per heavy atom. The highest BCUT2D eigenvalue weighted by molar-refractivity contribution is 5.79. The van der Waals surface area contributed by atoms with Crippen LogP contribution in [0.25, 0.3) is 0 Å². The number of hydrogen-bond acceptors (Lipinski definition) is 4. The maximum Gasteiger partial charge on any atom is 0.262 e. The van der Waals surface area contributed by atoms with Crippen LogP contribution in [0.3, 0.4) is 0 Å². The van der Waals surface area contributed by atoms with Crippen LogP contribution in [-0.2, 0) is 14.3 Å². The van der Waals surface area contributed by atoms with E-state index < -0.39 is 5.92 Å². The monoisotopic (exact) mass is 346 g/mol. The molecule has 138 valence electrons. The molecule has 3 heterocycles. The fourth-order valence-corrected chi connectivity index (χ4v) is 4.32. The first-order valence-corrected chi connectivity index (χ1v) is 8.99. The van der Waals surface area contributed by atoms with Crippen molar-refractivity contribution in [2.24, 2.45) is 5.92 Å². The topological polar surface area (TPSA) is 42.0 Å². The summed E-state index contributed by atoms with van der Waals surface area (Å²) in [5, 5.41) is 0. The summed E-state index contributed by atoms with van der Waals surface area (Å²) < 4.78 is 38.0. The van der Waals surface area contributed by atoms with Crippen LogP contribution >= 0.6 is 0 Å². The lowest BCUT2D eigenvalue weighted by molar-refractivity contribution is -0.140. The minimum Gasteiger partial charge on any atom is -0.383 e. The second-order valence-electron chi connectivity index (χ2n) is 7.28. The molecule has 3 fully saturated rings. The lowest BCUT2D eigenvalue weighted by Crippen LogP contribution is -2.50. The Bertz CT molecular complexity index is 436. The summed E-state index contributed by atoms with van der Waals surface area (Å²) in [4.78, 5) is 16.4. The van der Waals surface area contributed by atoms with Crippen molar-refractivity contribution in [3.63, 3.8) is 0 Å². The van der Waals surface area contributed by atoms with Crippen molar-refractivity contribution in [3.05, 3.63) is 0 Å². The molecule has 1 atom stereocenters. The molecule has 0 unspecified atom stereocenters. The van der Waals surface area contributed by atoms with Crippen molar-refractivity contribution in [2.75, 3.05) is 46.6 Å². The largest absolute Gasteiger partial charge is 0.383 e. The van der Waals surface area contributed by atoms with Crippen molar-refractivity contribution in [2.45, 2.75) is 50.1 Å². The van der Waals surface area contributed by atoms with E-state index in [1.54, 1.807) is 7.11 Å². The summed E-state index contributed by atoms with van der Waals surface area (Å²) in [5.74, 6) is -2.33. The van der Waals surface area contributed by atoms with Gasteiger partial charge in [0.2, 0.25) is 5.91 Å². The first-order valence-electron chi connectivity index (χ1n) is 8.99. The van der Waals surface area contributed by atoms with Crippen LogP contribution in [0, 0.1) is 5.92 Å². The average molecular weight is 346 g/mol. The van der Waals surface area contributed by atoms with Crippen LogP contribution in [0.5, 0.6) is 0 Å². The number of methoxy groups -OCH3 is 1. The van der Waals surface area contributed by atoms with Crippen molar-refractivity contribution in [1.82, 2.24) is 9.80 Å². The van der Waals surface area contributed by atoms with Gasteiger partial charge in [-0.1, -0.05) is 0 Å². The molecule has 7 heteroatoms. The molecule has 3 rings (SSSR count). The third-order valence-electron chi connectivity index (χ3n) is 5.59. The number of carbonyl (C=O) groups excluding carboxylic acids is 1. The Morgan fingerprint density at radius 1 is 1.21 bits per heavy atom. The summed E-state index contributed by atoms with van der Waals surface area (Å²) in [6, 6.07) is -0.0926. The van der Waals surface area contributed by atoms with E-state index in [0.717, 1.165) is 25.7 Å². The number of piperidine rings is 1.